The first-order valence-corrected chi connectivity index (χ1v) is 8.16. The average Bonchev–Trinajstić information content (AvgIpc) is 2.48. The zero-order chi connectivity index (χ0) is 17.3. The van der Waals surface area contributed by atoms with Gasteiger partial charge in [0.05, 0.1) is 26.1 Å². The number of carbonyl (C=O) groups is 3. The maximum atomic E-state index is 12.3. The van der Waals surface area contributed by atoms with Crippen molar-refractivity contribution in [3.05, 3.63) is 0 Å². The van der Waals surface area contributed by atoms with Crippen LogP contribution in [0.25, 0.3) is 0 Å². The summed E-state index contributed by atoms with van der Waals surface area (Å²) in [5, 5.41) is 10.5. The topological polar surface area (TPSA) is 99.1 Å². The summed E-state index contributed by atoms with van der Waals surface area (Å²) in [6, 6.07) is 0. The predicted octanol–water partition coefficient (Wildman–Crippen LogP) is 1.50. The predicted molar refractivity (Wildman–Crippen MR) is 80.4 cm³/mol. The maximum absolute atomic E-state index is 12.3. The van der Waals surface area contributed by atoms with Gasteiger partial charge in [0.1, 0.15) is 6.10 Å². The second-order valence-electron chi connectivity index (χ2n) is 5.66. The van der Waals surface area contributed by atoms with Gasteiger partial charge >= 0.3 is 17.9 Å². The van der Waals surface area contributed by atoms with Crippen LogP contribution in [0.4, 0.5) is 0 Å². The van der Waals surface area contributed by atoms with Gasteiger partial charge in [0.15, 0.2) is 5.60 Å². The minimum atomic E-state index is -2.25. The van der Waals surface area contributed by atoms with E-state index in [-0.39, 0.29) is 19.3 Å². The van der Waals surface area contributed by atoms with Crippen LogP contribution in [0.15, 0.2) is 0 Å². The molecule has 0 radical (unpaired) electrons. The molecule has 0 spiro atoms. The Labute approximate surface area is 136 Å². The van der Waals surface area contributed by atoms with Crippen LogP contribution in [0.3, 0.4) is 0 Å². The van der Waals surface area contributed by atoms with Crippen molar-refractivity contribution >= 4 is 17.9 Å². The van der Waals surface area contributed by atoms with Crippen LogP contribution in [-0.4, -0.2) is 47.9 Å². The Kier molecular flexibility index (Phi) is 8.02. The highest BCUT2D eigenvalue weighted by Crippen LogP contribution is 2.25. The summed E-state index contributed by atoms with van der Waals surface area (Å²) in [6.07, 6.45) is 2.88. The number of esters is 3. The van der Waals surface area contributed by atoms with Gasteiger partial charge in [-0.3, -0.25) is 9.59 Å². The molecule has 0 bridgehead atoms. The van der Waals surface area contributed by atoms with Crippen molar-refractivity contribution in [2.24, 2.45) is 0 Å². The van der Waals surface area contributed by atoms with Crippen molar-refractivity contribution in [3.8, 4) is 0 Å². The highest BCUT2D eigenvalue weighted by Gasteiger charge is 2.44. The van der Waals surface area contributed by atoms with Gasteiger partial charge in [-0.15, -0.1) is 0 Å². The third kappa shape index (κ3) is 6.56. The molecule has 0 heterocycles. The van der Waals surface area contributed by atoms with Gasteiger partial charge in [-0.2, -0.15) is 0 Å². The third-order valence-corrected chi connectivity index (χ3v) is 3.69. The lowest BCUT2D eigenvalue weighted by atomic mass is 9.94. The summed E-state index contributed by atoms with van der Waals surface area (Å²) in [4.78, 5) is 35.6. The molecule has 1 saturated carbocycles. The fourth-order valence-electron chi connectivity index (χ4n) is 2.55. The first kappa shape index (κ1) is 19.4. The van der Waals surface area contributed by atoms with Crippen LogP contribution in [0.2, 0.25) is 0 Å². The molecule has 0 unspecified atom stereocenters. The van der Waals surface area contributed by atoms with E-state index < -0.39 is 36.4 Å². The molecule has 1 fully saturated rings. The second kappa shape index (κ2) is 9.50. The van der Waals surface area contributed by atoms with E-state index in [1.54, 1.807) is 13.8 Å². The zero-order valence-electron chi connectivity index (χ0n) is 13.8. The van der Waals surface area contributed by atoms with E-state index in [0.29, 0.717) is 0 Å². The molecule has 132 valence electrons. The number of hydrogen-bond acceptors (Lipinski definition) is 7. The molecule has 0 aromatic rings. The van der Waals surface area contributed by atoms with Crippen molar-refractivity contribution in [3.63, 3.8) is 0 Å². The molecule has 7 nitrogen and oxygen atoms in total. The van der Waals surface area contributed by atoms with E-state index in [1.165, 1.54) is 0 Å². The molecule has 23 heavy (non-hydrogen) atoms. The molecule has 1 aliphatic carbocycles. The number of carbonyl (C=O) groups excluding carboxylic acids is 3. The maximum Gasteiger partial charge on any atom is 0.339 e. The summed E-state index contributed by atoms with van der Waals surface area (Å²) in [5.41, 5.74) is -2.25. The van der Waals surface area contributed by atoms with Crippen molar-refractivity contribution in [1.82, 2.24) is 0 Å². The Balaban J connectivity index is 2.76. The quantitative estimate of drug-likeness (QED) is 0.532. The van der Waals surface area contributed by atoms with Crippen molar-refractivity contribution in [1.29, 1.82) is 0 Å². The van der Waals surface area contributed by atoms with E-state index in [4.69, 9.17) is 14.2 Å². The van der Waals surface area contributed by atoms with Gasteiger partial charge in [-0.25, -0.2) is 4.79 Å². The second-order valence-corrected chi connectivity index (χ2v) is 5.66. The molecule has 0 saturated heterocycles. The SMILES string of the molecule is CCOC(=O)CC(O)(CC(=O)OCC)C(=O)OC1CCCCC1. The van der Waals surface area contributed by atoms with Crippen LogP contribution < -0.4 is 0 Å². The largest absolute Gasteiger partial charge is 0.466 e. The highest BCUT2D eigenvalue weighted by molar-refractivity contribution is 5.90. The Morgan fingerprint density at radius 3 is 1.87 bits per heavy atom. The summed E-state index contributed by atoms with van der Waals surface area (Å²) < 4.78 is 14.8. The molecule has 7 heteroatoms. The number of rotatable bonds is 8. The van der Waals surface area contributed by atoms with E-state index in [9.17, 15) is 19.5 Å². The van der Waals surface area contributed by atoms with Crippen LogP contribution in [0, 0.1) is 0 Å². The standard InChI is InChI=1S/C16H26O7/c1-3-21-13(17)10-16(20,11-14(18)22-4-2)15(19)23-12-8-6-5-7-9-12/h12,20H,3-11H2,1-2H3. The van der Waals surface area contributed by atoms with Crippen LogP contribution >= 0.6 is 0 Å². The molecule has 0 amide bonds. The van der Waals surface area contributed by atoms with Gasteiger partial charge < -0.3 is 19.3 Å². The molecule has 0 aromatic carbocycles. The number of aliphatic hydroxyl groups is 1. The first-order valence-electron chi connectivity index (χ1n) is 8.16. The molecular weight excluding hydrogens is 304 g/mol. The summed E-state index contributed by atoms with van der Waals surface area (Å²) >= 11 is 0. The van der Waals surface area contributed by atoms with Crippen LogP contribution in [0.5, 0.6) is 0 Å². The molecule has 0 aromatic heterocycles. The van der Waals surface area contributed by atoms with Gasteiger partial charge in [-0.05, 0) is 39.5 Å². The van der Waals surface area contributed by atoms with Crippen molar-refractivity contribution in [2.75, 3.05) is 13.2 Å². The number of hydrogen-bond donors (Lipinski definition) is 1. The lowest BCUT2D eigenvalue weighted by molar-refractivity contribution is -0.182. The third-order valence-electron chi connectivity index (χ3n) is 3.69. The van der Waals surface area contributed by atoms with Gasteiger partial charge in [-0.1, -0.05) is 6.42 Å². The molecule has 0 aliphatic heterocycles. The summed E-state index contributed by atoms with van der Waals surface area (Å²) in [6.45, 7) is 3.46. The van der Waals surface area contributed by atoms with Crippen molar-refractivity contribution in [2.45, 2.75) is 70.5 Å². The normalized spacial score (nSPS) is 15.8. The van der Waals surface area contributed by atoms with Gasteiger partial charge in [0.2, 0.25) is 0 Å². The molecule has 0 atom stereocenters. The average molecular weight is 330 g/mol. The molecule has 1 rings (SSSR count). The van der Waals surface area contributed by atoms with Crippen LogP contribution in [-0.2, 0) is 28.6 Å². The zero-order valence-corrected chi connectivity index (χ0v) is 13.8. The minimum absolute atomic E-state index is 0.117. The fraction of sp³-hybridized carbons (Fsp3) is 0.812. The lowest BCUT2D eigenvalue weighted by Crippen LogP contribution is -2.46. The van der Waals surface area contributed by atoms with Gasteiger partial charge in [0, 0.05) is 0 Å². The first-order chi connectivity index (χ1) is 10.9. The summed E-state index contributed by atoms with van der Waals surface area (Å²) in [7, 11) is 0. The van der Waals surface area contributed by atoms with E-state index in [1.807, 2.05) is 0 Å². The van der Waals surface area contributed by atoms with Crippen LogP contribution in [0.1, 0.15) is 58.8 Å². The molecule has 1 aliphatic rings. The fourth-order valence-corrected chi connectivity index (χ4v) is 2.55. The Morgan fingerprint density at radius 1 is 0.957 bits per heavy atom. The molecular formula is C16H26O7. The Hall–Kier alpha value is -1.63. The monoisotopic (exact) mass is 330 g/mol. The smallest absolute Gasteiger partial charge is 0.339 e. The highest BCUT2D eigenvalue weighted by atomic mass is 16.6. The Morgan fingerprint density at radius 2 is 1.43 bits per heavy atom. The minimum Gasteiger partial charge on any atom is -0.466 e. The number of ether oxygens (including phenoxy) is 3. The van der Waals surface area contributed by atoms with Gasteiger partial charge in [0.25, 0.3) is 0 Å². The lowest BCUT2D eigenvalue weighted by Gasteiger charge is -2.28. The Bertz CT molecular complexity index is 393. The van der Waals surface area contributed by atoms with E-state index >= 15 is 0 Å². The van der Waals surface area contributed by atoms with E-state index in [2.05, 4.69) is 0 Å². The summed E-state index contributed by atoms with van der Waals surface area (Å²) in [5.74, 6) is -2.50. The molecule has 1 N–H and O–H groups in total. The van der Waals surface area contributed by atoms with E-state index in [0.717, 1.165) is 32.1 Å². The van der Waals surface area contributed by atoms with Crippen molar-refractivity contribution < 1.29 is 33.7 Å².